The third kappa shape index (κ3) is 4.36. The second-order valence-corrected chi connectivity index (χ2v) is 6.78. The molecule has 2 atom stereocenters. The molecule has 5 nitrogen and oxygen atoms in total. The number of nitrogens with zero attached hydrogens (tertiary/aromatic N) is 1. The summed E-state index contributed by atoms with van der Waals surface area (Å²) in [5.74, 6) is -5.62. The van der Waals surface area contributed by atoms with Crippen molar-refractivity contribution in [3.05, 3.63) is 24.0 Å². The monoisotopic (exact) mass is 380 g/mol. The van der Waals surface area contributed by atoms with Gasteiger partial charge in [-0.3, -0.25) is 4.79 Å². The highest BCUT2D eigenvalue weighted by molar-refractivity contribution is 7.99. The second-order valence-electron chi connectivity index (χ2n) is 5.47. The number of carbonyl (C=O) groups excluding carboxylic acids is 1. The Morgan fingerprint density at radius 3 is 2.56 bits per heavy atom. The zero-order valence-corrected chi connectivity index (χ0v) is 14.0. The van der Waals surface area contributed by atoms with E-state index in [2.05, 4.69) is 5.32 Å². The zero-order chi connectivity index (χ0) is 18.8. The lowest BCUT2D eigenvalue weighted by atomic mass is 9.96. The number of thioether (sulfide) groups is 1. The molecule has 1 fully saturated rings. The van der Waals surface area contributed by atoms with Gasteiger partial charge < -0.3 is 15.3 Å². The third-order valence-corrected chi connectivity index (χ3v) is 4.79. The van der Waals surface area contributed by atoms with Crippen LogP contribution in [-0.4, -0.2) is 47.0 Å². The molecule has 0 unspecified atom stereocenters. The van der Waals surface area contributed by atoms with Crippen molar-refractivity contribution in [2.24, 2.45) is 11.8 Å². The molecule has 1 aromatic carbocycles. The molecule has 1 aliphatic heterocycles. The molecule has 0 spiro atoms. The van der Waals surface area contributed by atoms with E-state index in [1.807, 2.05) is 6.92 Å². The van der Waals surface area contributed by atoms with Gasteiger partial charge in [-0.15, -0.1) is 11.8 Å². The van der Waals surface area contributed by atoms with Gasteiger partial charge in [0.15, 0.2) is 0 Å². The van der Waals surface area contributed by atoms with E-state index in [0.717, 1.165) is 11.0 Å². The Labute approximate surface area is 145 Å². The smallest absolute Gasteiger partial charge is 0.394 e. The first-order valence-corrected chi connectivity index (χ1v) is 8.40. The predicted molar refractivity (Wildman–Crippen MR) is 84.1 cm³/mol. The molecule has 1 aromatic rings. The molecule has 1 heterocycles. The molecule has 0 saturated carbocycles. The van der Waals surface area contributed by atoms with Crippen LogP contribution in [0.3, 0.4) is 0 Å². The number of rotatable bonds is 4. The Kier molecular flexibility index (Phi) is 5.81. The molecule has 2 amide bonds. The minimum Gasteiger partial charge on any atom is -0.481 e. The van der Waals surface area contributed by atoms with E-state index in [9.17, 15) is 27.2 Å². The highest BCUT2D eigenvalue weighted by atomic mass is 32.2. The molecule has 10 heteroatoms. The van der Waals surface area contributed by atoms with E-state index in [0.29, 0.717) is 10.6 Å². The molecule has 0 aliphatic carbocycles. The van der Waals surface area contributed by atoms with Gasteiger partial charge in [-0.05, 0) is 17.9 Å². The number of alkyl halides is 3. The number of urea groups is 1. The third-order valence-electron chi connectivity index (χ3n) is 3.85. The maximum atomic E-state index is 14.0. The number of carbonyl (C=O) groups is 2. The molecular weight excluding hydrogens is 364 g/mol. The van der Waals surface area contributed by atoms with E-state index in [1.165, 1.54) is 17.8 Å². The van der Waals surface area contributed by atoms with E-state index in [-0.39, 0.29) is 5.69 Å². The molecule has 2 N–H and O–H groups in total. The van der Waals surface area contributed by atoms with Crippen LogP contribution in [0, 0.1) is 17.7 Å². The highest BCUT2D eigenvalue weighted by Gasteiger charge is 2.53. The Balaban J connectivity index is 2.19. The lowest BCUT2D eigenvalue weighted by Gasteiger charge is -2.19. The fraction of sp³-hybridized carbons (Fsp3) is 0.467. The molecule has 0 bridgehead atoms. The molecule has 1 aliphatic rings. The van der Waals surface area contributed by atoms with Gasteiger partial charge in [-0.1, -0.05) is 13.0 Å². The number of hydrogen-bond donors (Lipinski definition) is 2. The number of likely N-dealkylation sites (tertiary alicyclic amines) is 1. The average Bonchev–Trinajstić information content (AvgIpc) is 2.96. The van der Waals surface area contributed by atoms with Crippen molar-refractivity contribution in [1.29, 1.82) is 0 Å². The molecule has 138 valence electrons. The molecule has 1 saturated heterocycles. The fourth-order valence-electron chi connectivity index (χ4n) is 2.64. The quantitative estimate of drug-likeness (QED) is 0.618. The molecule has 0 aromatic heterocycles. The van der Waals surface area contributed by atoms with Crippen molar-refractivity contribution in [2.45, 2.75) is 18.0 Å². The van der Waals surface area contributed by atoms with Crippen LogP contribution in [0.2, 0.25) is 0 Å². The van der Waals surface area contributed by atoms with Crippen LogP contribution >= 0.6 is 11.8 Å². The molecular formula is C15H16F4N2O3S. The largest absolute Gasteiger partial charge is 0.481 e. The van der Waals surface area contributed by atoms with Crippen molar-refractivity contribution < 1.29 is 32.3 Å². The Hall–Kier alpha value is -1.97. The van der Waals surface area contributed by atoms with Gasteiger partial charge in [0.25, 0.3) is 0 Å². The summed E-state index contributed by atoms with van der Waals surface area (Å²) in [6, 6.07) is 3.20. The summed E-state index contributed by atoms with van der Waals surface area (Å²) in [7, 11) is 0. The van der Waals surface area contributed by atoms with Gasteiger partial charge in [-0.2, -0.15) is 13.2 Å². The van der Waals surface area contributed by atoms with Crippen LogP contribution in [0.15, 0.2) is 23.1 Å². The first kappa shape index (κ1) is 19.4. The number of amides is 2. The van der Waals surface area contributed by atoms with Gasteiger partial charge in [0, 0.05) is 18.0 Å². The minimum atomic E-state index is -4.74. The first-order chi connectivity index (χ1) is 11.6. The van der Waals surface area contributed by atoms with Crippen molar-refractivity contribution in [3.63, 3.8) is 0 Å². The normalized spacial score (nSPS) is 20.6. The number of halogens is 4. The Morgan fingerprint density at radius 2 is 2.04 bits per heavy atom. The summed E-state index contributed by atoms with van der Waals surface area (Å²) in [6.07, 6.45) is -4.74. The summed E-state index contributed by atoms with van der Waals surface area (Å²) in [5.41, 5.74) is -0.123. The van der Waals surface area contributed by atoms with E-state index in [1.54, 1.807) is 6.07 Å². The van der Waals surface area contributed by atoms with Crippen LogP contribution in [0.1, 0.15) is 6.92 Å². The lowest BCUT2D eigenvalue weighted by Crippen LogP contribution is -2.35. The predicted octanol–water partition coefficient (Wildman–Crippen LogP) is 3.66. The van der Waals surface area contributed by atoms with Gasteiger partial charge in [0.05, 0.1) is 17.5 Å². The Morgan fingerprint density at radius 1 is 1.36 bits per heavy atom. The maximum absolute atomic E-state index is 14.0. The summed E-state index contributed by atoms with van der Waals surface area (Å²) >= 11 is 1.26. The van der Waals surface area contributed by atoms with Gasteiger partial charge in [-0.25, -0.2) is 9.18 Å². The summed E-state index contributed by atoms with van der Waals surface area (Å²) in [5, 5.41) is 11.2. The zero-order valence-electron chi connectivity index (χ0n) is 13.1. The van der Waals surface area contributed by atoms with Crippen LogP contribution in [-0.2, 0) is 4.79 Å². The SMILES string of the molecule is CCSc1cccc(F)c1NC(=O)N1C[C@@H](C(F)(F)F)[C@H](C(=O)O)C1. The number of carboxylic acids is 1. The number of nitrogens with one attached hydrogen (secondary N) is 1. The van der Waals surface area contributed by atoms with E-state index < -0.39 is 48.9 Å². The topological polar surface area (TPSA) is 69.6 Å². The highest BCUT2D eigenvalue weighted by Crippen LogP contribution is 2.38. The fourth-order valence-corrected chi connectivity index (χ4v) is 3.42. The van der Waals surface area contributed by atoms with Crippen molar-refractivity contribution in [3.8, 4) is 0 Å². The van der Waals surface area contributed by atoms with Gasteiger partial charge in [0.2, 0.25) is 0 Å². The summed E-state index contributed by atoms with van der Waals surface area (Å²) in [6.45, 7) is 0.458. The van der Waals surface area contributed by atoms with Crippen molar-refractivity contribution >= 4 is 29.4 Å². The van der Waals surface area contributed by atoms with Crippen LogP contribution in [0.25, 0.3) is 0 Å². The van der Waals surface area contributed by atoms with Crippen molar-refractivity contribution in [2.75, 3.05) is 24.2 Å². The number of hydrogen-bond acceptors (Lipinski definition) is 3. The maximum Gasteiger partial charge on any atom is 0.394 e. The average molecular weight is 380 g/mol. The Bertz CT molecular complexity index is 669. The lowest BCUT2D eigenvalue weighted by molar-refractivity contribution is -0.187. The van der Waals surface area contributed by atoms with Crippen LogP contribution in [0.4, 0.5) is 28.0 Å². The van der Waals surface area contributed by atoms with E-state index in [4.69, 9.17) is 5.11 Å². The van der Waals surface area contributed by atoms with Crippen LogP contribution in [0.5, 0.6) is 0 Å². The number of carboxylic acid groups (broad SMARTS) is 1. The molecule has 0 radical (unpaired) electrons. The van der Waals surface area contributed by atoms with Crippen molar-refractivity contribution in [1.82, 2.24) is 4.90 Å². The van der Waals surface area contributed by atoms with Gasteiger partial charge in [0.1, 0.15) is 5.82 Å². The summed E-state index contributed by atoms with van der Waals surface area (Å²) < 4.78 is 52.9. The molecule has 2 rings (SSSR count). The minimum absolute atomic E-state index is 0.123. The first-order valence-electron chi connectivity index (χ1n) is 7.41. The number of aliphatic carboxylic acids is 1. The molecule has 25 heavy (non-hydrogen) atoms. The number of anilines is 1. The second kappa shape index (κ2) is 7.51. The number of benzene rings is 1. The van der Waals surface area contributed by atoms with Gasteiger partial charge >= 0.3 is 18.2 Å². The van der Waals surface area contributed by atoms with Crippen LogP contribution < -0.4 is 5.32 Å². The van der Waals surface area contributed by atoms with E-state index >= 15 is 0 Å². The number of para-hydroxylation sites is 1. The standard InChI is InChI=1S/C15H16F4N2O3S/c1-2-25-11-5-3-4-10(16)12(11)20-14(24)21-6-8(13(22)23)9(7-21)15(17,18)19/h3-5,8-9H,2,6-7H2,1H3,(H,20,24)(H,22,23)/t8-,9-/m1/s1. The summed E-state index contributed by atoms with van der Waals surface area (Å²) in [4.78, 5) is 24.5.